The number of aromatic carboxylic acids is 1. The molecule has 0 spiro atoms. The first-order valence-corrected chi connectivity index (χ1v) is 9.09. The Labute approximate surface area is 179 Å². The van der Waals surface area contributed by atoms with Crippen molar-refractivity contribution in [3.63, 3.8) is 0 Å². The van der Waals surface area contributed by atoms with E-state index in [0.717, 1.165) is 26.2 Å². The summed E-state index contributed by atoms with van der Waals surface area (Å²) in [5.74, 6) is -3.51. The zero-order valence-corrected chi connectivity index (χ0v) is 16.8. The van der Waals surface area contributed by atoms with Gasteiger partial charge in [-0.2, -0.15) is 10.2 Å². The van der Waals surface area contributed by atoms with Gasteiger partial charge in [-0.25, -0.2) is 14.4 Å². The SMILES string of the molecule is COC(=O)c1cc(N=NC(C(C)=O)C(=O)Nc2ccc3[nH]c(=O)[nH]c3c2)cc(C(=O)O)c1. The van der Waals surface area contributed by atoms with E-state index in [1.54, 1.807) is 6.07 Å². The molecule has 12 heteroatoms. The number of amides is 1. The number of benzene rings is 2. The maximum absolute atomic E-state index is 12.6. The molecule has 164 valence electrons. The summed E-state index contributed by atoms with van der Waals surface area (Å²) in [5, 5.41) is 19.2. The van der Waals surface area contributed by atoms with Crippen molar-refractivity contribution in [2.45, 2.75) is 13.0 Å². The number of hydrogen-bond donors (Lipinski definition) is 4. The number of azo groups is 1. The molecule has 3 aromatic rings. The first kappa shape index (κ1) is 22.1. The van der Waals surface area contributed by atoms with E-state index in [2.05, 4.69) is 30.3 Å². The van der Waals surface area contributed by atoms with Crippen LogP contribution in [-0.4, -0.2) is 51.9 Å². The summed E-state index contributed by atoms with van der Waals surface area (Å²) >= 11 is 0. The summed E-state index contributed by atoms with van der Waals surface area (Å²) in [5.41, 5.74) is 0.494. The second-order valence-corrected chi connectivity index (χ2v) is 6.62. The molecule has 0 aliphatic heterocycles. The number of ketones is 1. The monoisotopic (exact) mass is 439 g/mol. The minimum Gasteiger partial charge on any atom is -0.478 e. The number of ether oxygens (including phenoxy) is 1. The van der Waals surface area contributed by atoms with Crippen LogP contribution in [0.1, 0.15) is 27.6 Å². The number of fused-ring (bicyclic) bond motifs is 1. The van der Waals surface area contributed by atoms with E-state index in [9.17, 15) is 29.1 Å². The Morgan fingerprint density at radius 3 is 2.38 bits per heavy atom. The molecular formula is C20H17N5O7. The highest BCUT2D eigenvalue weighted by Gasteiger charge is 2.23. The van der Waals surface area contributed by atoms with Crippen molar-refractivity contribution >= 4 is 46.0 Å². The molecule has 0 fully saturated rings. The standard InChI is InChI=1S/C20H17N5O7/c1-9(26)16(17(27)21-12-3-4-14-15(8-12)23-20(31)22-14)25-24-13-6-10(18(28)29)5-11(7-13)19(30)32-2/h3-8,16H,1-2H3,(H,21,27)(H,28,29)(H2,22,23,31). The highest BCUT2D eigenvalue weighted by molar-refractivity contribution is 6.10. The normalized spacial score (nSPS) is 11.9. The fraction of sp³-hybridized carbons (Fsp3) is 0.150. The van der Waals surface area contributed by atoms with Crippen molar-refractivity contribution < 1.29 is 29.0 Å². The third kappa shape index (κ3) is 4.92. The lowest BCUT2D eigenvalue weighted by Gasteiger charge is -2.09. The van der Waals surface area contributed by atoms with E-state index in [1.807, 2.05) is 0 Å². The number of H-pyrrole nitrogens is 2. The van der Waals surface area contributed by atoms with Crippen molar-refractivity contribution in [3.05, 3.63) is 58.0 Å². The van der Waals surface area contributed by atoms with Crippen LogP contribution in [0.4, 0.5) is 11.4 Å². The average Bonchev–Trinajstić information content (AvgIpc) is 3.12. The molecule has 0 bridgehead atoms. The van der Waals surface area contributed by atoms with E-state index in [0.29, 0.717) is 16.7 Å². The Morgan fingerprint density at radius 1 is 1.03 bits per heavy atom. The molecule has 32 heavy (non-hydrogen) atoms. The number of esters is 1. The molecule has 2 aromatic carbocycles. The van der Waals surface area contributed by atoms with Gasteiger partial charge in [0.05, 0.1) is 35.0 Å². The Bertz CT molecular complexity index is 1320. The average molecular weight is 439 g/mol. The lowest BCUT2D eigenvalue weighted by Crippen LogP contribution is -2.31. The summed E-state index contributed by atoms with van der Waals surface area (Å²) in [7, 11) is 1.13. The predicted molar refractivity (Wildman–Crippen MR) is 111 cm³/mol. The van der Waals surface area contributed by atoms with E-state index in [1.165, 1.54) is 18.2 Å². The van der Waals surface area contributed by atoms with Crippen LogP contribution in [0.3, 0.4) is 0 Å². The van der Waals surface area contributed by atoms with Gasteiger partial charge in [0.15, 0.2) is 5.78 Å². The molecule has 1 atom stereocenters. The number of methoxy groups -OCH3 is 1. The molecule has 1 unspecified atom stereocenters. The highest BCUT2D eigenvalue weighted by atomic mass is 16.5. The van der Waals surface area contributed by atoms with Gasteiger partial charge in [-0.15, -0.1) is 0 Å². The van der Waals surface area contributed by atoms with Crippen molar-refractivity contribution in [2.24, 2.45) is 10.2 Å². The van der Waals surface area contributed by atoms with E-state index >= 15 is 0 Å². The number of carboxylic acid groups (broad SMARTS) is 1. The number of nitrogens with one attached hydrogen (secondary N) is 3. The van der Waals surface area contributed by atoms with Crippen molar-refractivity contribution in [1.29, 1.82) is 0 Å². The summed E-state index contributed by atoms with van der Waals surface area (Å²) in [6.45, 7) is 1.14. The van der Waals surface area contributed by atoms with Crippen molar-refractivity contribution in [3.8, 4) is 0 Å². The summed E-state index contributed by atoms with van der Waals surface area (Å²) in [6.07, 6.45) is 0. The number of rotatable bonds is 7. The lowest BCUT2D eigenvalue weighted by atomic mass is 10.1. The number of aromatic nitrogens is 2. The molecule has 0 saturated heterocycles. The van der Waals surface area contributed by atoms with Crippen LogP contribution in [0.5, 0.6) is 0 Å². The summed E-state index contributed by atoms with van der Waals surface area (Å²) < 4.78 is 4.58. The van der Waals surface area contributed by atoms with E-state index < -0.39 is 35.4 Å². The molecule has 4 N–H and O–H groups in total. The molecule has 1 amide bonds. The number of carbonyl (C=O) groups excluding carboxylic acids is 3. The van der Waals surface area contributed by atoms with Crippen LogP contribution >= 0.6 is 0 Å². The number of carboxylic acids is 1. The van der Waals surface area contributed by atoms with Crippen LogP contribution < -0.4 is 11.0 Å². The summed E-state index contributed by atoms with van der Waals surface area (Å²) in [4.78, 5) is 64.1. The van der Waals surface area contributed by atoms with E-state index in [-0.39, 0.29) is 16.8 Å². The number of aromatic amines is 2. The second kappa shape index (κ2) is 9.04. The molecule has 12 nitrogen and oxygen atoms in total. The van der Waals surface area contributed by atoms with E-state index in [4.69, 9.17) is 0 Å². The topological polar surface area (TPSA) is 183 Å². The second-order valence-electron chi connectivity index (χ2n) is 6.62. The fourth-order valence-corrected chi connectivity index (χ4v) is 2.79. The van der Waals surface area contributed by atoms with Gasteiger partial charge in [-0.05, 0) is 43.3 Å². The molecule has 0 saturated carbocycles. The Balaban J connectivity index is 1.86. The van der Waals surface area contributed by atoms with Crippen LogP contribution in [0.25, 0.3) is 11.0 Å². The van der Waals surface area contributed by atoms with Crippen LogP contribution in [-0.2, 0) is 14.3 Å². The maximum Gasteiger partial charge on any atom is 0.337 e. The number of anilines is 1. The van der Waals surface area contributed by atoms with Crippen LogP contribution in [0.15, 0.2) is 51.4 Å². The quantitative estimate of drug-likeness (QED) is 0.246. The van der Waals surface area contributed by atoms with Crippen LogP contribution in [0, 0.1) is 0 Å². The zero-order valence-electron chi connectivity index (χ0n) is 16.8. The molecule has 0 radical (unpaired) electrons. The zero-order chi connectivity index (χ0) is 23.4. The van der Waals surface area contributed by atoms with Gasteiger partial charge in [-0.3, -0.25) is 9.59 Å². The third-order valence-corrected chi connectivity index (χ3v) is 4.29. The maximum atomic E-state index is 12.6. The highest BCUT2D eigenvalue weighted by Crippen LogP contribution is 2.21. The van der Waals surface area contributed by atoms with Gasteiger partial charge in [0.2, 0.25) is 6.04 Å². The van der Waals surface area contributed by atoms with Crippen molar-refractivity contribution in [1.82, 2.24) is 9.97 Å². The smallest absolute Gasteiger partial charge is 0.337 e. The molecular weight excluding hydrogens is 422 g/mol. The van der Waals surface area contributed by atoms with Crippen molar-refractivity contribution in [2.75, 3.05) is 12.4 Å². The van der Waals surface area contributed by atoms with Gasteiger partial charge in [0.25, 0.3) is 5.91 Å². The predicted octanol–water partition coefficient (Wildman–Crippen LogP) is 2.02. The third-order valence-electron chi connectivity index (χ3n) is 4.29. The molecule has 0 aliphatic rings. The van der Waals surface area contributed by atoms with Gasteiger partial charge in [0, 0.05) is 5.69 Å². The van der Waals surface area contributed by atoms with Gasteiger partial charge < -0.3 is 25.1 Å². The Morgan fingerprint density at radius 2 is 1.72 bits per heavy atom. The van der Waals surface area contributed by atoms with Gasteiger partial charge in [-0.1, -0.05) is 0 Å². The first-order valence-electron chi connectivity index (χ1n) is 9.09. The van der Waals surface area contributed by atoms with Crippen LogP contribution in [0.2, 0.25) is 0 Å². The number of carbonyl (C=O) groups is 4. The van der Waals surface area contributed by atoms with Gasteiger partial charge >= 0.3 is 17.6 Å². The summed E-state index contributed by atoms with van der Waals surface area (Å²) in [6, 6.07) is 6.50. The number of Topliss-reactive ketones (excluding diaryl/α,β-unsaturated/α-hetero) is 1. The fourth-order valence-electron chi connectivity index (χ4n) is 2.79. The Kier molecular flexibility index (Phi) is 6.24. The number of nitrogens with zero attached hydrogens (tertiary/aromatic N) is 2. The Hall–Kier alpha value is -4.61. The number of hydrogen-bond acceptors (Lipinski definition) is 8. The molecule has 1 aromatic heterocycles. The molecule has 0 aliphatic carbocycles. The minimum atomic E-state index is -1.54. The molecule has 3 rings (SSSR count). The lowest BCUT2D eigenvalue weighted by molar-refractivity contribution is -0.126. The van der Waals surface area contributed by atoms with Gasteiger partial charge in [0.1, 0.15) is 0 Å². The number of imidazole rings is 1. The molecule has 1 heterocycles. The minimum absolute atomic E-state index is 0.0596. The first-order chi connectivity index (χ1) is 15.2. The largest absolute Gasteiger partial charge is 0.478 e.